The molecule has 0 saturated heterocycles. The van der Waals surface area contributed by atoms with E-state index in [4.69, 9.17) is 21.1 Å². The highest BCUT2D eigenvalue weighted by Crippen LogP contribution is 2.33. The van der Waals surface area contributed by atoms with E-state index in [0.29, 0.717) is 35.3 Å². The number of fused-ring (bicyclic) bond motifs is 2. The number of hydrogen-bond acceptors (Lipinski definition) is 6. The Balaban J connectivity index is 1.41. The lowest BCUT2D eigenvalue weighted by Crippen LogP contribution is -2.49. The van der Waals surface area contributed by atoms with E-state index in [-0.39, 0.29) is 31.8 Å². The van der Waals surface area contributed by atoms with Crippen molar-refractivity contribution in [2.24, 2.45) is 0 Å². The van der Waals surface area contributed by atoms with Gasteiger partial charge in [0.1, 0.15) is 18.4 Å². The summed E-state index contributed by atoms with van der Waals surface area (Å²) in [5.74, 6) is 0.572. The minimum atomic E-state index is -0.847. The van der Waals surface area contributed by atoms with Crippen LogP contribution in [0.4, 0.5) is 5.82 Å². The maximum absolute atomic E-state index is 13.7. The number of halogens is 1. The van der Waals surface area contributed by atoms with Gasteiger partial charge in [0.2, 0.25) is 12.7 Å². The first-order chi connectivity index (χ1) is 18.9. The van der Waals surface area contributed by atoms with Crippen LogP contribution in [0.25, 0.3) is 10.9 Å². The molecule has 2 aromatic heterocycles. The van der Waals surface area contributed by atoms with E-state index >= 15 is 0 Å². The zero-order valence-electron chi connectivity index (χ0n) is 21.7. The van der Waals surface area contributed by atoms with E-state index in [2.05, 4.69) is 10.3 Å². The zero-order chi connectivity index (χ0) is 27.5. The van der Waals surface area contributed by atoms with E-state index in [1.807, 2.05) is 54.0 Å². The van der Waals surface area contributed by atoms with Gasteiger partial charge in [-0.3, -0.25) is 14.5 Å². The number of anilines is 1. The van der Waals surface area contributed by atoms with Gasteiger partial charge in [-0.1, -0.05) is 48.0 Å². The minimum absolute atomic E-state index is 0.0152. The van der Waals surface area contributed by atoms with Gasteiger partial charge in [-0.2, -0.15) is 4.98 Å². The Hall–Kier alpha value is -4.08. The molecular formula is C29H29ClN4O5. The first kappa shape index (κ1) is 26.5. The van der Waals surface area contributed by atoms with Crippen LogP contribution in [-0.2, 0) is 29.0 Å². The Labute approximate surface area is 230 Å². The summed E-state index contributed by atoms with van der Waals surface area (Å²) in [5.41, 5.74) is 3.44. The number of pyridine rings is 1. The lowest BCUT2D eigenvalue weighted by Gasteiger charge is -2.24. The summed E-state index contributed by atoms with van der Waals surface area (Å²) in [6, 6.07) is 17.6. The molecule has 2 amide bonds. The van der Waals surface area contributed by atoms with E-state index in [1.165, 1.54) is 4.90 Å². The normalized spacial score (nSPS) is 12.9. The van der Waals surface area contributed by atoms with Crippen molar-refractivity contribution in [2.75, 3.05) is 25.3 Å². The molecule has 0 saturated carbocycles. The molecule has 1 aliphatic rings. The van der Waals surface area contributed by atoms with Gasteiger partial charge in [0, 0.05) is 31.2 Å². The van der Waals surface area contributed by atoms with E-state index in [9.17, 15) is 14.7 Å². The molecule has 0 fully saturated rings. The molecule has 9 nitrogen and oxygen atoms in total. The third-order valence-electron chi connectivity index (χ3n) is 6.90. The standard InChI is InChI=1S/C29H29ClN4O5/c1-18-20(13-14-35)27-21(30)9-6-10-23(27)34(18)16-26(36)31-22(15-19-7-4-3-5-8-19)29(37)33(2)25-12-11-24-28(32-25)39-17-38-24/h3-12,22,35H,13-17H2,1-2H3,(H,31,36)/t22-/m0/s1. The molecule has 39 heavy (non-hydrogen) atoms. The number of rotatable bonds is 9. The minimum Gasteiger partial charge on any atom is -0.452 e. The van der Waals surface area contributed by atoms with Crippen LogP contribution in [0.3, 0.4) is 0 Å². The average Bonchev–Trinajstić information content (AvgIpc) is 3.51. The van der Waals surface area contributed by atoms with Gasteiger partial charge in [-0.05, 0) is 48.7 Å². The number of carbonyl (C=O) groups is 2. The Kier molecular flexibility index (Phi) is 7.72. The first-order valence-electron chi connectivity index (χ1n) is 12.6. The Morgan fingerprint density at radius 3 is 2.69 bits per heavy atom. The van der Waals surface area contributed by atoms with Crippen LogP contribution in [-0.4, -0.2) is 53.0 Å². The molecule has 10 heteroatoms. The fourth-order valence-electron chi connectivity index (χ4n) is 4.93. The summed E-state index contributed by atoms with van der Waals surface area (Å²) in [4.78, 5) is 32.9. The molecule has 0 bridgehead atoms. The fraction of sp³-hybridized carbons (Fsp3) is 0.276. The summed E-state index contributed by atoms with van der Waals surface area (Å²) >= 11 is 6.50. The van der Waals surface area contributed by atoms with E-state index in [1.54, 1.807) is 25.2 Å². The molecule has 0 aliphatic carbocycles. The summed E-state index contributed by atoms with van der Waals surface area (Å²) in [6.07, 6.45) is 0.719. The van der Waals surface area contributed by atoms with Gasteiger partial charge in [0.05, 0.1) is 10.5 Å². The maximum atomic E-state index is 13.7. The van der Waals surface area contributed by atoms with Gasteiger partial charge in [0.25, 0.3) is 11.8 Å². The van der Waals surface area contributed by atoms with Crippen LogP contribution >= 0.6 is 11.6 Å². The quantitative estimate of drug-likeness (QED) is 0.331. The number of aliphatic hydroxyl groups excluding tert-OH is 1. The number of carbonyl (C=O) groups excluding carboxylic acids is 2. The van der Waals surface area contributed by atoms with Crippen molar-refractivity contribution < 1.29 is 24.2 Å². The second-order valence-electron chi connectivity index (χ2n) is 9.34. The molecule has 5 rings (SSSR count). The van der Waals surface area contributed by atoms with Gasteiger partial charge >= 0.3 is 0 Å². The van der Waals surface area contributed by atoms with Crippen LogP contribution in [0.2, 0.25) is 5.02 Å². The number of benzene rings is 2. The number of aliphatic hydroxyl groups is 1. The van der Waals surface area contributed by atoms with Crippen molar-refractivity contribution in [3.8, 4) is 11.6 Å². The molecule has 202 valence electrons. The smallest absolute Gasteiger partial charge is 0.262 e. The van der Waals surface area contributed by atoms with Crippen LogP contribution in [0.15, 0.2) is 60.7 Å². The molecule has 0 unspecified atom stereocenters. The van der Waals surface area contributed by atoms with Crippen molar-refractivity contribution >= 4 is 40.1 Å². The topological polar surface area (TPSA) is 106 Å². The predicted molar refractivity (Wildman–Crippen MR) is 148 cm³/mol. The van der Waals surface area contributed by atoms with Crippen molar-refractivity contribution in [1.82, 2.24) is 14.9 Å². The van der Waals surface area contributed by atoms with Crippen molar-refractivity contribution in [3.63, 3.8) is 0 Å². The number of ether oxygens (including phenoxy) is 2. The number of hydrogen-bond donors (Lipinski definition) is 2. The molecule has 0 radical (unpaired) electrons. The number of nitrogens with zero attached hydrogens (tertiary/aromatic N) is 3. The molecule has 3 heterocycles. The van der Waals surface area contributed by atoms with Crippen LogP contribution in [0, 0.1) is 6.92 Å². The monoisotopic (exact) mass is 548 g/mol. The second-order valence-corrected chi connectivity index (χ2v) is 9.75. The Bertz CT molecular complexity index is 1520. The number of likely N-dealkylation sites (N-methyl/N-ethyl adjacent to an activating group) is 1. The summed E-state index contributed by atoms with van der Waals surface area (Å²) < 4.78 is 12.6. The number of aromatic nitrogens is 2. The lowest BCUT2D eigenvalue weighted by atomic mass is 10.0. The summed E-state index contributed by atoms with van der Waals surface area (Å²) in [6.45, 7) is 1.93. The van der Waals surface area contributed by atoms with Gasteiger partial charge < -0.3 is 24.5 Å². The molecule has 1 aliphatic heterocycles. The second kappa shape index (κ2) is 11.3. The largest absolute Gasteiger partial charge is 0.452 e. The lowest BCUT2D eigenvalue weighted by molar-refractivity contribution is -0.127. The highest BCUT2D eigenvalue weighted by atomic mass is 35.5. The number of amides is 2. The zero-order valence-corrected chi connectivity index (χ0v) is 22.4. The van der Waals surface area contributed by atoms with Crippen molar-refractivity contribution in [3.05, 3.63) is 82.5 Å². The molecular weight excluding hydrogens is 520 g/mol. The highest BCUT2D eigenvalue weighted by molar-refractivity contribution is 6.35. The van der Waals surface area contributed by atoms with Crippen molar-refractivity contribution in [1.29, 1.82) is 0 Å². The van der Waals surface area contributed by atoms with Crippen LogP contribution in [0.1, 0.15) is 16.8 Å². The van der Waals surface area contributed by atoms with E-state index in [0.717, 1.165) is 27.7 Å². The third-order valence-corrected chi connectivity index (χ3v) is 7.22. The predicted octanol–water partition coefficient (Wildman–Crippen LogP) is 3.65. The van der Waals surface area contributed by atoms with Gasteiger partial charge in [-0.25, -0.2) is 0 Å². The molecule has 2 aromatic carbocycles. The highest BCUT2D eigenvalue weighted by Gasteiger charge is 2.28. The average molecular weight is 549 g/mol. The summed E-state index contributed by atoms with van der Waals surface area (Å²) in [5, 5.41) is 13.9. The maximum Gasteiger partial charge on any atom is 0.262 e. The molecule has 2 N–H and O–H groups in total. The number of nitrogens with one attached hydrogen (secondary N) is 1. The Morgan fingerprint density at radius 1 is 1.13 bits per heavy atom. The van der Waals surface area contributed by atoms with Gasteiger partial charge in [-0.15, -0.1) is 0 Å². The van der Waals surface area contributed by atoms with E-state index < -0.39 is 6.04 Å². The third kappa shape index (κ3) is 5.41. The Morgan fingerprint density at radius 2 is 1.92 bits per heavy atom. The molecule has 4 aromatic rings. The molecule has 0 spiro atoms. The molecule has 1 atom stereocenters. The van der Waals surface area contributed by atoms with Crippen molar-refractivity contribution in [2.45, 2.75) is 32.4 Å². The van der Waals surface area contributed by atoms with Crippen LogP contribution in [0.5, 0.6) is 11.6 Å². The SMILES string of the molecule is Cc1c(CCO)c2c(Cl)cccc2n1CC(=O)N[C@@H](Cc1ccccc1)C(=O)N(C)c1ccc2c(n1)OCO2. The fourth-order valence-corrected chi connectivity index (χ4v) is 5.21. The summed E-state index contributed by atoms with van der Waals surface area (Å²) in [7, 11) is 1.61. The van der Waals surface area contributed by atoms with Gasteiger partial charge in [0.15, 0.2) is 5.75 Å². The first-order valence-corrected chi connectivity index (χ1v) is 13.0. The van der Waals surface area contributed by atoms with Crippen LogP contribution < -0.4 is 19.7 Å².